The van der Waals surface area contributed by atoms with Gasteiger partial charge in [-0.15, -0.1) is 11.3 Å². The monoisotopic (exact) mass is 480 g/mol. The molecule has 2 fully saturated rings. The van der Waals surface area contributed by atoms with Gasteiger partial charge in [-0.3, -0.25) is 4.79 Å². The molecule has 3 nitrogen and oxygen atoms in total. The van der Waals surface area contributed by atoms with Crippen LogP contribution in [0.1, 0.15) is 53.9 Å². The van der Waals surface area contributed by atoms with Crippen molar-refractivity contribution in [1.82, 2.24) is 9.80 Å². The first kappa shape index (κ1) is 23.2. The summed E-state index contributed by atoms with van der Waals surface area (Å²) in [4.78, 5) is 17.9. The molecule has 0 unspecified atom stereocenters. The van der Waals surface area contributed by atoms with Crippen molar-refractivity contribution in [3.8, 4) is 0 Å². The van der Waals surface area contributed by atoms with E-state index in [-0.39, 0.29) is 17.4 Å². The highest BCUT2D eigenvalue weighted by molar-refractivity contribution is 7.17. The topological polar surface area (TPSA) is 23.6 Å². The molecule has 0 bridgehead atoms. The summed E-state index contributed by atoms with van der Waals surface area (Å²) in [6.07, 6.45) is 7.19. The highest BCUT2D eigenvalue weighted by Gasteiger charge is 2.24. The number of Topliss-reactive ketones (excluding diaryl/α,β-unsaturated/α-hetero) is 1. The Morgan fingerprint density at radius 2 is 1.68 bits per heavy atom. The zero-order valence-corrected chi connectivity index (χ0v) is 20.1. The number of carbonyl (C=O) groups is 1. The van der Waals surface area contributed by atoms with Crippen LogP contribution in [0, 0.1) is 11.6 Å². The Labute approximate surface area is 203 Å². The van der Waals surface area contributed by atoms with Crippen molar-refractivity contribution < 1.29 is 13.6 Å². The Bertz CT molecular complexity index is 1170. The summed E-state index contributed by atoms with van der Waals surface area (Å²) in [5.41, 5.74) is 2.70. The zero-order valence-electron chi connectivity index (χ0n) is 19.3. The van der Waals surface area contributed by atoms with Gasteiger partial charge in [0, 0.05) is 41.7 Å². The molecule has 2 aliphatic heterocycles. The number of benzene rings is 2. The number of likely N-dealkylation sites (tertiary alicyclic amines) is 2. The first-order valence-electron chi connectivity index (χ1n) is 12.2. The molecule has 0 amide bonds. The number of nitrogens with zero attached hydrogens (tertiary/aromatic N) is 2. The second-order valence-corrected chi connectivity index (χ2v) is 10.3. The van der Waals surface area contributed by atoms with Crippen LogP contribution in [0.3, 0.4) is 0 Å². The third kappa shape index (κ3) is 5.23. The maximum absolute atomic E-state index is 13.6. The average molecular weight is 481 g/mol. The van der Waals surface area contributed by atoms with Gasteiger partial charge in [0.2, 0.25) is 0 Å². The van der Waals surface area contributed by atoms with Gasteiger partial charge in [0.15, 0.2) is 5.78 Å². The van der Waals surface area contributed by atoms with Crippen LogP contribution in [0.25, 0.3) is 10.1 Å². The Morgan fingerprint density at radius 1 is 0.971 bits per heavy atom. The fourth-order valence-corrected chi connectivity index (χ4v) is 6.27. The normalized spacial score (nSPS) is 18.2. The Hall–Kier alpha value is -2.57. The number of thiophene rings is 1. The molecular formula is C28H30F2N2OS. The van der Waals surface area contributed by atoms with Gasteiger partial charge in [0.05, 0.1) is 0 Å². The van der Waals surface area contributed by atoms with Crippen LogP contribution in [0.15, 0.2) is 59.6 Å². The van der Waals surface area contributed by atoms with Crippen molar-refractivity contribution >= 4 is 27.2 Å². The molecule has 3 aromatic rings. The highest BCUT2D eigenvalue weighted by atomic mass is 32.1. The molecule has 6 heteroatoms. The maximum Gasteiger partial charge on any atom is 0.190 e. The molecule has 5 rings (SSSR count). The Balaban J connectivity index is 1.22. The zero-order chi connectivity index (χ0) is 23.5. The van der Waals surface area contributed by atoms with Crippen LogP contribution in [0.4, 0.5) is 8.78 Å². The van der Waals surface area contributed by atoms with Gasteiger partial charge in [-0.25, -0.2) is 8.78 Å². The van der Waals surface area contributed by atoms with E-state index in [0.717, 1.165) is 68.7 Å². The lowest BCUT2D eigenvalue weighted by Crippen LogP contribution is -2.34. The molecular weight excluding hydrogens is 450 g/mol. The largest absolute Gasteiger partial charge is 0.377 e. The molecule has 0 N–H and O–H groups in total. The van der Waals surface area contributed by atoms with E-state index in [1.54, 1.807) is 35.6 Å². The molecule has 2 saturated heterocycles. The molecule has 0 saturated carbocycles. The minimum atomic E-state index is -0.326. The van der Waals surface area contributed by atoms with Crippen LogP contribution in [-0.4, -0.2) is 48.3 Å². The molecule has 3 heterocycles. The van der Waals surface area contributed by atoms with Gasteiger partial charge in [0.25, 0.3) is 0 Å². The van der Waals surface area contributed by atoms with Gasteiger partial charge in [-0.1, -0.05) is 6.07 Å². The van der Waals surface area contributed by atoms with Crippen LogP contribution in [0.5, 0.6) is 0 Å². The molecule has 2 aliphatic rings. The van der Waals surface area contributed by atoms with E-state index in [1.807, 2.05) is 12.3 Å². The second-order valence-electron chi connectivity index (χ2n) is 9.43. The van der Waals surface area contributed by atoms with Crippen LogP contribution in [0.2, 0.25) is 0 Å². The predicted molar refractivity (Wildman–Crippen MR) is 134 cm³/mol. The smallest absolute Gasteiger partial charge is 0.190 e. The van der Waals surface area contributed by atoms with Gasteiger partial charge >= 0.3 is 0 Å². The average Bonchev–Trinajstić information content (AvgIpc) is 3.52. The molecule has 0 spiro atoms. The molecule has 178 valence electrons. The number of rotatable bonds is 7. The fraction of sp³-hybridized carbons (Fsp3) is 0.393. The van der Waals surface area contributed by atoms with Crippen LogP contribution in [-0.2, 0) is 0 Å². The van der Waals surface area contributed by atoms with E-state index in [9.17, 15) is 13.6 Å². The number of halogens is 2. The van der Waals surface area contributed by atoms with E-state index in [2.05, 4.69) is 15.2 Å². The standard InChI is InChI=1S/C28H30F2N2OS/c29-23-5-3-21(4-6-23)28(33)22(18-32-12-1-2-13-32)11-16-31-14-9-20(10-15-31)26-19-34-27-17-24(30)7-8-25(26)27/h3-8,17-20H,1-2,9-16H2/b22-18+. The molecule has 0 radical (unpaired) electrons. The van der Waals surface area contributed by atoms with Crippen molar-refractivity contribution in [2.24, 2.45) is 0 Å². The number of fused-ring (bicyclic) bond motifs is 1. The van der Waals surface area contributed by atoms with Crippen molar-refractivity contribution in [3.63, 3.8) is 0 Å². The number of hydrogen-bond acceptors (Lipinski definition) is 4. The van der Waals surface area contributed by atoms with E-state index in [4.69, 9.17) is 0 Å². The lowest BCUT2D eigenvalue weighted by molar-refractivity contribution is 0.102. The summed E-state index contributed by atoms with van der Waals surface area (Å²) in [7, 11) is 0. The minimum Gasteiger partial charge on any atom is -0.377 e. The molecule has 2 aromatic carbocycles. The van der Waals surface area contributed by atoms with E-state index in [0.29, 0.717) is 17.9 Å². The number of ketones is 1. The summed E-state index contributed by atoms with van der Waals surface area (Å²) in [6.45, 7) is 4.80. The fourth-order valence-electron chi connectivity index (χ4n) is 5.20. The lowest BCUT2D eigenvalue weighted by atomic mass is 9.89. The highest BCUT2D eigenvalue weighted by Crippen LogP contribution is 2.37. The van der Waals surface area contributed by atoms with Gasteiger partial charge < -0.3 is 9.80 Å². The maximum atomic E-state index is 13.6. The van der Waals surface area contributed by atoms with Gasteiger partial charge in [0.1, 0.15) is 11.6 Å². The summed E-state index contributed by atoms with van der Waals surface area (Å²) in [5, 5.41) is 3.38. The summed E-state index contributed by atoms with van der Waals surface area (Å²) in [6, 6.07) is 11.0. The van der Waals surface area contributed by atoms with Crippen molar-refractivity contribution in [2.45, 2.75) is 38.0 Å². The summed E-state index contributed by atoms with van der Waals surface area (Å²) >= 11 is 1.63. The van der Waals surface area contributed by atoms with Gasteiger partial charge in [-0.05, 0) is 104 Å². The van der Waals surface area contributed by atoms with Gasteiger partial charge in [-0.2, -0.15) is 0 Å². The predicted octanol–water partition coefficient (Wildman–Crippen LogP) is 6.61. The lowest BCUT2D eigenvalue weighted by Gasteiger charge is -2.32. The van der Waals surface area contributed by atoms with Crippen LogP contribution >= 0.6 is 11.3 Å². The molecule has 0 atom stereocenters. The Morgan fingerprint density at radius 3 is 2.41 bits per heavy atom. The van der Waals surface area contributed by atoms with Crippen molar-refractivity contribution in [2.75, 3.05) is 32.7 Å². The summed E-state index contributed by atoms with van der Waals surface area (Å²) in [5.74, 6) is -0.00796. The second kappa shape index (κ2) is 10.4. The third-order valence-electron chi connectivity index (χ3n) is 7.17. The number of piperidine rings is 1. The van der Waals surface area contributed by atoms with E-state index in [1.165, 1.54) is 23.1 Å². The van der Waals surface area contributed by atoms with E-state index >= 15 is 0 Å². The summed E-state index contributed by atoms with van der Waals surface area (Å²) < 4.78 is 27.9. The number of hydrogen-bond donors (Lipinski definition) is 0. The minimum absolute atomic E-state index is 0.00115. The first-order valence-corrected chi connectivity index (χ1v) is 13.1. The van der Waals surface area contributed by atoms with E-state index < -0.39 is 0 Å². The van der Waals surface area contributed by atoms with Crippen LogP contribution < -0.4 is 0 Å². The first-order chi connectivity index (χ1) is 16.6. The molecule has 1 aromatic heterocycles. The van der Waals surface area contributed by atoms with Crippen molar-refractivity contribution in [3.05, 3.63) is 82.4 Å². The SMILES string of the molecule is O=C(/C(=C/N1CCCC1)CCN1CCC(c2csc3cc(F)ccc23)CC1)c1ccc(F)cc1. The molecule has 34 heavy (non-hydrogen) atoms. The molecule has 0 aliphatic carbocycles. The van der Waals surface area contributed by atoms with Crippen molar-refractivity contribution in [1.29, 1.82) is 0 Å². The quantitative estimate of drug-likeness (QED) is 0.281. The number of carbonyl (C=O) groups excluding carboxylic acids is 1. The third-order valence-corrected chi connectivity index (χ3v) is 8.13. The Kier molecular flexibility index (Phi) is 7.07.